The molecule has 2 aliphatic rings. The molecule has 3 heterocycles. The molecule has 28 heavy (non-hydrogen) atoms. The highest BCUT2D eigenvalue weighted by Gasteiger charge is 2.54. The molecule has 0 spiro atoms. The van der Waals surface area contributed by atoms with Gasteiger partial charge in [-0.2, -0.15) is 4.73 Å². The van der Waals surface area contributed by atoms with Crippen molar-refractivity contribution in [3.63, 3.8) is 0 Å². The smallest absolute Gasteiger partial charge is 0.410 e. The SMILES string of the molecule is CC(=O)[C@H]1C[C@H](C(=O)On2ccccc2=S)[C@H]2CC[C@@H]1N2C(=O)OC(C)(C)C. The van der Waals surface area contributed by atoms with E-state index < -0.39 is 29.5 Å². The number of Topliss-reactive ketones (excluding diaryl/α,β-unsaturated/α-hetero) is 1. The normalized spacial score (nSPS) is 26.6. The molecular weight excluding hydrogens is 380 g/mol. The van der Waals surface area contributed by atoms with Crippen molar-refractivity contribution in [3.8, 4) is 0 Å². The van der Waals surface area contributed by atoms with Gasteiger partial charge in [0.15, 0.2) is 0 Å². The van der Waals surface area contributed by atoms with Gasteiger partial charge < -0.3 is 14.5 Å². The number of nitrogens with zero attached hydrogens (tertiary/aromatic N) is 2. The summed E-state index contributed by atoms with van der Waals surface area (Å²) < 4.78 is 7.15. The Morgan fingerprint density at radius 1 is 1.11 bits per heavy atom. The molecular formula is C20H26N2O5S. The molecule has 2 fully saturated rings. The Bertz CT molecular complexity index is 843. The Morgan fingerprint density at radius 2 is 1.75 bits per heavy atom. The van der Waals surface area contributed by atoms with Crippen molar-refractivity contribution in [3.05, 3.63) is 29.0 Å². The van der Waals surface area contributed by atoms with Gasteiger partial charge in [0.25, 0.3) is 0 Å². The summed E-state index contributed by atoms with van der Waals surface area (Å²) in [6, 6.07) is 4.54. The Balaban J connectivity index is 1.87. The van der Waals surface area contributed by atoms with Crippen LogP contribution < -0.4 is 4.84 Å². The van der Waals surface area contributed by atoms with Gasteiger partial charge in [-0.1, -0.05) is 18.3 Å². The Kier molecular flexibility index (Phi) is 5.61. The first-order valence-electron chi connectivity index (χ1n) is 9.50. The first-order valence-corrected chi connectivity index (χ1v) is 9.91. The molecule has 0 radical (unpaired) electrons. The molecule has 7 nitrogen and oxygen atoms in total. The number of aromatic nitrogens is 1. The van der Waals surface area contributed by atoms with Crippen LogP contribution in [0.4, 0.5) is 4.79 Å². The van der Waals surface area contributed by atoms with Crippen molar-refractivity contribution in [1.29, 1.82) is 0 Å². The largest absolute Gasteiger partial charge is 0.444 e. The molecule has 4 atom stereocenters. The van der Waals surface area contributed by atoms with Crippen LogP contribution in [0.15, 0.2) is 24.4 Å². The van der Waals surface area contributed by atoms with E-state index in [1.54, 1.807) is 50.1 Å². The number of ketones is 1. The molecule has 0 N–H and O–H groups in total. The van der Waals surface area contributed by atoms with Crippen LogP contribution >= 0.6 is 12.2 Å². The monoisotopic (exact) mass is 406 g/mol. The van der Waals surface area contributed by atoms with Gasteiger partial charge in [-0.15, -0.1) is 0 Å². The summed E-state index contributed by atoms with van der Waals surface area (Å²) in [7, 11) is 0. The lowest BCUT2D eigenvalue weighted by Gasteiger charge is -2.42. The van der Waals surface area contributed by atoms with Crippen molar-refractivity contribution >= 4 is 30.1 Å². The average molecular weight is 407 g/mol. The number of piperidine rings is 1. The van der Waals surface area contributed by atoms with E-state index in [9.17, 15) is 14.4 Å². The lowest BCUT2D eigenvalue weighted by Crippen LogP contribution is -2.57. The highest BCUT2D eigenvalue weighted by molar-refractivity contribution is 7.71. The van der Waals surface area contributed by atoms with Crippen LogP contribution in [0.2, 0.25) is 0 Å². The minimum atomic E-state index is -0.660. The third-order valence-electron chi connectivity index (χ3n) is 5.32. The predicted octanol–water partition coefficient (Wildman–Crippen LogP) is 3.17. The molecule has 1 aromatic rings. The van der Waals surface area contributed by atoms with Gasteiger partial charge in [0.05, 0.1) is 5.92 Å². The molecule has 2 saturated heterocycles. The molecule has 2 aliphatic heterocycles. The first kappa shape index (κ1) is 20.5. The van der Waals surface area contributed by atoms with Gasteiger partial charge in [-0.25, -0.2) is 9.59 Å². The van der Waals surface area contributed by atoms with Gasteiger partial charge in [-0.3, -0.25) is 4.79 Å². The van der Waals surface area contributed by atoms with E-state index in [1.165, 1.54) is 11.7 Å². The summed E-state index contributed by atoms with van der Waals surface area (Å²) >= 11 is 5.17. The maximum atomic E-state index is 12.9. The van der Waals surface area contributed by atoms with E-state index in [0.29, 0.717) is 23.9 Å². The van der Waals surface area contributed by atoms with Crippen molar-refractivity contribution < 1.29 is 24.0 Å². The maximum absolute atomic E-state index is 12.9. The van der Waals surface area contributed by atoms with Crippen LogP contribution in [0.1, 0.15) is 47.0 Å². The number of ether oxygens (including phenoxy) is 1. The third-order valence-corrected chi connectivity index (χ3v) is 5.63. The number of hydrogen-bond donors (Lipinski definition) is 0. The zero-order valence-corrected chi connectivity index (χ0v) is 17.4. The number of hydrogen-bond acceptors (Lipinski definition) is 6. The van der Waals surface area contributed by atoms with Crippen LogP contribution in [0.25, 0.3) is 0 Å². The van der Waals surface area contributed by atoms with Crippen LogP contribution in [0.3, 0.4) is 0 Å². The summed E-state index contributed by atoms with van der Waals surface area (Å²) in [6.07, 6.45) is 2.74. The van der Waals surface area contributed by atoms with E-state index in [2.05, 4.69) is 0 Å². The van der Waals surface area contributed by atoms with Crippen molar-refractivity contribution in [2.24, 2.45) is 11.8 Å². The van der Waals surface area contributed by atoms with E-state index >= 15 is 0 Å². The summed E-state index contributed by atoms with van der Waals surface area (Å²) in [6.45, 7) is 6.89. The zero-order valence-electron chi connectivity index (χ0n) is 16.6. The van der Waals surface area contributed by atoms with Gasteiger partial charge in [0, 0.05) is 24.2 Å². The predicted molar refractivity (Wildman–Crippen MR) is 104 cm³/mol. The highest BCUT2D eigenvalue weighted by atomic mass is 32.1. The zero-order chi connectivity index (χ0) is 20.6. The molecule has 3 rings (SSSR count). The molecule has 1 amide bonds. The van der Waals surface area contributed by atoms with Gasteiger partial charge in [0.1, 0.15) is 16.0 Å². The molecule has 152 valence electrons. The number of carbonyl (C=O) groups excluding carboxylic acids is 3. The summed E-state index contributed by atoms with van der Waals surface area (Å²) in [5, 5.41) is 0. The van der Waals surface area contributed by atoms with Crippen LogP contribution in [0, 0.1) is 16.5 Å². The second-order valence-corrected chi connectivity index (χ2v) is 8.85. The molecule has 0 unspecified atom stereocenters. The minimum absolute atomic E-state index is 0.0342. The Hall–Kier alpha value is -2.22. The summed E-state index contributed by atoms with van der Waals surface area (Å²) in [5.74, 6) is -1.55. The molecule has 0 aliphatic carbocycles. The second-order valence-electron chi connectivity index (χ2n) is 8.43. The molecule has 0 aromatic carbocycles. The van der Waals surface area contributed by atoms with Crippen LogP contribution in [0.5, 0.6) is 0 Å². The van der Waals surface area contributed by atoms with Crippen molar-refractivity contribution in [2.75, 3.05) is 0 Å². The van der Waals surface area contributed by atoms with E-state index in [0.717, 1.165) is 0 Å². The Morgan fingerprint density at radius 3 is 2.32 bits per heavy atom. The van der Waals surface area contributed by atoms with Gasteiger partial charge in [0.2, 0.25) is 0 Å². The lowest BCUT2D eigenvalue weighted by molar-refractivity contribution is -0.154. The fourth-order valence-electron chi connectivity index (χ4n) is 4.17. The molecule has 2 bridgehead atoms. The lowest BCUT2D eigenvalue weighted by atomic mass is 9.81. The number of fused-ring (bicyclic) bond motifs is 2. The topological polar surface area (TPSA) is 77.8 Å². The second kappa shape index (κ2) is 7.66. The van der Waals surface area contributed by atoms with E-state index in [1.807, 2.05) is 0 Å². The van der Waals surface area contributed by atoms with Gasteiger partial charge >= 0.3 is 12.1 Å². The van der Waals surface area contributed by atoms with Gasteiger partial charge in [-0.05, 0) is 59.1 Å². The number of rotatable bonds is 3. The van der Waals surface area contributed by atoms with E-state index in [4.69, 9.17) is 21.8 Å². The maximum Gasteiger partial charge on any atom is 0.410 e. The molecule has 1 aromatic heterocycles. The minimum Gasteiger partial charge on any atom is -0.444 e. The third kappa shape index (κ3) is 4.11. The van der Waals surface area contributed by atoms with Crippen LogP contribution in [-0.2, 0) is 14.3 Å². The number of carbonyl (C=O) groups is 3. The van der Waals surface area contributed by atoms with Crippen molar-refractivity contribution in [2.45, 2.75) is 64.6 Å². The van der Waals surface area contributed by atoms with E-state index in [-0.39, 0.29) is 17.9 Å². The fraction of sp³-hybridized carbons (Fsp3) is 0.600. The first-order chi connectivity index (χ1) is 13.1. The fourth-order valence-corrected chi connectivity index (χ4v) is 4.35. The standard InChI is InChI=1S/C20H26N2O5S/c1-12(23)13-11-14(18(24)27-21-10-6-5-7-17(21)28)16-9-8-15(13)22(16)19(25)26-20(2,3)4/h5-7,10,13-16H,8-9,11H2,1-4H3/t13-,14+,15+,16-/m1/s1. The summed E-state index contributed by atoms with van der Waals surface area (Å²) in [5.41, 5.74) is -0.660. The highest BCUT2D eigenvalue weighted by Crippen LogP contribution is 2.43. The quantitative estimate of drug-likeness (QED) is 0.718. The Labute approximate surface area is 169 Å². The molecule has 0 saturated carbocycles. The molecule has 8 heteroatoms. The number of amides is 1. The number of pyridine rings is 1. The average Bonchev–Trinajstić information content (AvgIpc) is 2.91. The summed E-state index contributed by atoms with van der Waals surface area (Å²) in [4.78, 5) is 45.1. The van der Waals surface area contributed by atoms with Crippen LogP contribution in [-0.4, -0.2) is 45.2 Å². The van der Waals surface area contributed by atoms with Crippen molar-refractivity contribution in [1.82, 2.24) is 9.63 Å².